The van der Waals surface area contributed by atoms with Crippen molar-refractivity contribution in [2.24, 2.45) is 0 Å². The molecule has 3 aromatic carbocycles. The third kappa shape index (κ3) is 5.95. The number of hydrogen-bond acceptors (Lipinski definition) is 6. The number of carbonyl (C=O) groups excluding carboxylic acids is 2. The van der Waals surface area contributed by atoms with Gasteiger partial charge in [0.2, 0.25) is 0 Å². The second-order valence-electron chi connectivity index (χ2n) is 8.16. The van der Waals surface area contributed by atoms with Crippen molar-refractivity contribution < 1.29 is 23.5 Å². The molecule has 178 valence electrons. The maximum Gasteiger partial charge on any atom is 0.408 e. The van der Waals surface area contributed by atoms with E-state index in [4.69, 9.17) is 13.9 Å². The number of carbonyl (C=O) groups is 2. The van der Waals surface area contributed by atoms with Crippen LogP contribution >= 0.6 is 0 Å². The lowest BCUT2D eigenvalue weighted by Gasteiger charge is -2.14. The zero-order valence-corrected chi connectivity index (χ0v) is 19.4. The van der Waals surface area contributed by atoms with E-state index >= 15 is 0 Å². The highest BCUT2D eigenvalue weighted by Crippen LogP contribution is 2.25. The molecule has 35 heavy (non-hydrogen) atoms. The highest BCUT2D eigenvalue weighted by atomic mass is 16.6. The van der Waals surface area contributed by atoms with E-state index in [1.165, 1.54) is 13.0 Å². The molecule has 0 saturated heterocycles. The Labute approximate surface area is 202 Å². The Hall–Kier alpha value is -4.39. The Morgan fingerprint density at radius 1 is 0.943 bits per heavy atom. The van der Waals surface area contributed by atoms with E-state index in [2.05, 4.69) is 5.32 Å². The van der Waals surface area contributed by atoms with Crippen LogP contribution in [0.5, 0.6) is 5.75 Å². The molecule has 1 amide bonds. The van der Waals surface area contributed by atoms with Gasteiger partial charge >= 0.3 is 17.7 Å². The van der Waals surface area contributed by atoms with E-state index in [1.54, 1.807) is 12.1 Å². The minimum atomic E-state index is -0.948. The molecule has 1 N–H and O–H groups in total. The van der Waals surface area contributed by atoms with Crippen molar-refractivity contribution in [1.82, 2.24) is 5.32 Å². The maximum absolute atomic E-state index is 12.6. The molecule has 1 heterocycles. The van der Waals surface area contributed by atoms with Gasteiger partial charge < -0.3 is 19.2 Å². The van der Waals surface area contributed by atoms with Crippen molar-refractivity contribution >= 4 is 23.0 Å². The SMILES string of the molecule is Cc1c(Cc2ccccc2)c(=O)oc2cc(OC(=O)[C@H](C)NC(=O)OCc3ccccc3)ccc12. The van der Waals surface area contributed by atoms with Crippen LogP contribution in [0, 0.1) is 6.92 Å². The fourth-order valence-corrected chi connectivity index (χ4v) is 3.65. The first kappa shape index (κ1) is 23.8. The van der Waals surface area contributed by atoms with Crippen molar-refractivity contribution in [2.45, 2.75) is 32.9 Å². The van der Waals surface area contributed by atoms with Gasteiger partial charge in [-0.3, -0.25) is 0 Å². The molecule has 7 nitrogen and oxygen atoms in total. The standard InChI is InChI=1S/C28H25NO6/c1-18-23-14-13-22(16-25(23)35-27(31)24(18)15-20-9-5-3-6-10-20)34-26(30)19(2)29-28(32)33-17-21-11-7-4-8-12-21/h3-14,16,19H,15,17H2,1-2H3,(H,29,32)/t19-/m0/s1. The van der Waals surface area contributed by atoms with Crippen LogP contribution in [0.2, 0.25) is 0 Å². The first-order valence-electron chi connectivity index (χ1n) is 11.2. The minimum absolute atomic E-state index is 0.0871. The van der Waals surface area contributed by atoms with Gasteiger partial charge in [-0.2, -0.15) is 0 Å². The molecular weight excluding hydrogens is 446 g/mol. The number of alkyl carbamates (subject to hydrolysis) is 1. The van der Waals surface area contributed by atoms with E-state index in [0.29, 0.717) is 17.6 Å². The van der Waals surface area contributed by atoms with Crippen molar-refractivity contribution in [3.05, 3.63) is 112 Å². The summed E-state index contributed by atoms with van der Waals surface area (Å²) < 4.78 is 16.0. The molecule has 0 spiro atoms. The predicted octanol–water partition coefficient (Wildman–Crippen LogP) is 4.91. The monoisotopic (exact) mass is 471 g/mol. The van der Waals surface area contributed by atoms with E-state index in [0.717, 1.165) is 22.1 Å². The fourth-order valence-electron chi connectivity index (χ4n) is 3.65. The Bertz CT molecular complexity index is 1400. The van der Waals surface area contributed by atoms with Crippen LogP contribution in [-0.4, -0.2) is 18.1 Å². The molecule has 1 atom stereocenters. The Morgan fingerprint density at radius 3 is 2.29 bits per heavy atom. The molecule has 0 aliphatic carbocycles. The van der Waals surface area contributed by atoms with Crippen LogP contribution in [0.4, 0.5) is 4.79 Å². The Kier molecular flexibility index (Phi) is 7.26. The molecule has 1 aromatic heterocycles. The minimum Gasteiger partial charge on any atom is -0.445 e. The van der Waals surface area contributed by atoms with E-state index in [9.17, 15) is 14.4 Å². The summed E-state index contributed by atoms with van der Waals surface area (Å²) in [7, 11) is 0. The summed E-state index contributed by atoms with van der Waals surface area (Å²) >= 11 is 0. The van der Waals surface area contributed by atoms with E-state index in [1.807, 2.05) is 67.6 Å². The Balaban J connectivity index is 1.41. The van der Waals surface area contributed by atoms with Gasteiger partial charge in [-0.1, -0.05) is 60.7 Å². The molecule has 0 bridgehead atoms. The lowest BCUT2D eigenvalue weighted by molar-refractivity contribution is -0.136. The number of amides is 1. The van der Waals surface area contributed by atoms with Gasteiger partial charge in [0.15, 0.2) is 0 Å². The molecule has 0 fully saturated rings. The highest BCUT2D eigenvalue weighted by molar-refractivity contribution is 5.85. The van der Waals surface area contributed by atoms with Crippen LogP contribution in [0.1, 0.15) is 29.2 Å². The summed E-state index contributed by atoms with van der Waals surface area (Å²) in [6.07, 6.45) is -0.269. The lowest BCUT2D eigenvalue weighted by atomic mass is 10.00. The third-order valence-corrected chi connectivity index (χ3v) is 5.60. The van der Waals surface area contributed by atoms with Crippen LogP contribution in [0.3, 0.4) is 0 Å². The summed E-state index contributed by atoms with van der Waals surface area (Å²) in [6, 6.07) is 22.8. The molecule has 4 rings (SSSR count). The molecule has 0 aliphatic rings. The largest absolute Gasteiger partial charge is 0.445 e. The van der Waals surface area contributed by atoms with Crippen LogP contribution < -0.4 is 15.7 Å². The predicted molar refractivity (Wildman–Crippen MR) is 131 cm³/mol. The second-order valence-corrected chi connectivity index (χ2v) is 8.16. The van der Waals surface area contributed by atoms with Crippen molar-refractivity contribution in [3.8, 4) is 5.75 Å². The number of aryl methyl sites for hydroxylation is 1. The van der Waals surface area contributed by atoms with Crippen molar-refractivity contribution in [1.29, 1.82) is 0 Å². The molecule has 4 aromatic rings. The number of esters is 1. The van der Waals surface area contributed by atoms with Gasteiger partial charge in [0.05, 0.1) is 0 Å². The normalized spacial score (nSPS) is 11.6. The zero-order valence-electron chi connectivity index (χ0n) is 19.4. The molecule has 0 aliphatic heterocycles. The number of rotatable bonds is 7. The average Bonchev–Trinajstić information content (AvgIpc) is 2.86. The van der Waals surface area contributed by atoms with Crippen molar-refractivity contribution in [3.63, 3.8) is 0 Å². The second kappa shape index (κ2) is 10.7. The quantitative estimate of drug-likeness (QED) is 0.234. The van der Waals surface area contributed by atoms with Gasteiger partial charge in [-0.15, -0.1) is 0 Å². The van der Waals surface area contributed by atoms with Crippen LogP contribution in [0.15, 0.2) is 88.1 Å². The molecule has 7 heteroatoms. The van der Waals surface area contributed by atoms with Gasteiger partial charge in [0, 0.05) is 23.4 Å². The van der Waals surface area contributed by atoms with Gasteiger partial charge in [-0.25, -0.2) is 14.4 Å². The lowest BCUT2D eigenvalue weighted by Crippen LogP contribution is -2.41. The van der Waals surface area contributed by atoms with Crippen LogP contribution in [0.25, 0.3) is 11.0 Å². The highest BCUT2D eigenvalue weighted by Gasteiger charge is 2.20. The maximum atomic E-state index is 12.6. The van der Waals surface area contributed by atoms with Gasteiger partial charge in [0.1, 0.15) is 24.0 Å². The third-order valence-electron chi connectivity index (χ3n) is 5.60. The average molecular weight is 472 g/mol. The van der Waals surface area contributed by atoms with Gasteiger partial charge in [0.25, 0.3) is 0 Å². The summed E-state index contributed by atoms with van der Waals surface area (Å²) in [6.45, 7) is 3.45. The summed E-state index contributed by atoms with van der Waals surface area (Å²) in [5, 5.41) is 3.20. The first-order valence-corrected chi connectivity index (χ1v) is 11.2. The Morgan fingerprint density at radius 2 is 1.60 bits per heavy atom. The molecule has 0 radical (unpaired) electrons. The van der Waals surface area contributed by atoms with Gasteiger partial charge in [-0.05, 0) is 42.7 Å². The summed E-state index contributed by atoms with van der Waals surface area (Å²) in [5.74, 6) is -0.479. The number of benzene rings is 3. The smallest absolute Gasteiger partial charge is 0.408 e. The molecule has 0 saturated carbocycles. The molecular formula is C28H25NO6. The number of hydrogen-bond donors (Lipinski definition) is 1. The number of nitrogens with one attached hydrogen (secondary N) is 1. The zero-order chi connectivity index (χ0) is 24.8. The summed E-state index contributed by atoms with van der Waals surface area (Å²) in [4.78, 5) is 37.1. The van der Waals surface area contributed by atoms with Crippen LogP contribution in [-0.2, 0) is 22.6 Å². The number of fused-ring (bicyclic) bond motifs is 1. The summed E-state index contributed by atoms with van der Waals surface area (Å²) in [5.41, 5.74) is 3.12. The first-order chi connectivity index (χ1) is 16.9. The van der Waals surface area contributed by atoms with E-state index < -0.39 is 23.7 Å². The molecule has 0 unspecified atom stereocenters. The fraction of sp³-hybridized carbons (Fsp3) is 0.179. The van der Waals surface area contributed by atoms with E-state index in [-0.39, 0.29) is 12.4 Å². The topological polar surface area (TPSA) is 94.8 Å². The van der Waals surface area contributed by atoms with Crippen molar-refractivity contribution in [2.75, 3.05) is 0 Å². The number of ether oxygens (including phenoxy) is 2.